The van der Waals surface area contributed by atoms with E-state index in [9.17, 15) is 10.2 Å². The predicted octanol–water partition coefficient (Wildman–Crippen LogP) is 7.60. The summed E-state index contributed by atoms with van der Waals surface area (Å²) in [7, 11) is 0. The Morgan fingerprint density at radius 2 is 1.10 bits per heavy atom. The number of carbonyl (C=O) groups is 1. The highest BCUT2D eigenvalue weighted by atomic mass is 16.4. The second-order valence-corrected chi connectivity index (χ2v) is 8.00. The van der Waals surface area contributed by atoms with Crippen molar-refractivity contribution in [1.82, 2.24) is 0 Å². The van der Waals surface area contributed by atoms with Gasteiger partial charge >= 0.3 is 0 Å². The molecule has 0 unspecified atom stereocenters. The summed E-state index contributed by atoms with van der Waals surface area (Å²) >= 11 is 0. The van der Waals surface area contributed by atoms with Crippen LogP contribution >= 0.6 is 0 Å². The first-order chi connectivity index (χ1) is 14.0. The fourth-order valence-corrected chi connectivity index (χ4v) is 3.47. The molecule has 3 N–H and O–H groups in total. The van der Waals surface area contributed by atoms with Gasteiger partial charge in [-0.2, -0.15) is 0 Å². The first-order valence-corrected chi connectivity index (χ1v) is 11.7. The molecule has 0 amide bonds. The average Bonchev–Trinajstić information content (AvgIpc) is 2.67. The molecule has 0 heterocycles. The van der Waals surface area contributed by atoms with Crippen LogP contribution in [0.1, 0.15) is 116 Å². The number of aromatic hydroxyl groups is 2. The van der Waals surface area contributed by atoms with Crippen LogP contribution in [0.5, 0.6) is 11.5 Å². The number of aryl methyl sites for hydroxylation is 1. The van der Waals surface area contributed by atoms with Gasteiger partial charge < -0.3 is 15.3 Å². The van der Waals surface area contributed by atoms with E-state index < -0.39 is 5.97 Å². The number of unbranched alkanes of at least 4 members (excludes halogenated alkanes) is 14. The fraction of sp³-hybridized carbons (Fsp3) is 0.720. The van der Waals surface area contributed by atoms with Gasteiger partial charge in [0.15, 0.2) is 11.5 Å². The Kier molecular flexibility index (Phi) is 18.4. The van der Waals surface area contributed by atoms with E-state index in [2.05, 4.69) is 6.92 Å². The molecular formula is C25H44O4. The number of aliphatic carboxylic acids is 1. The molecule has 0 atom stereocenters. The summed E-state index contributed by atoms with van der Waals surface area (Å²) < 4.78 is 0. The third-order valence-electron chi connectivity index (χ3n) is 5.15. The average molecular weight is 409 g/mol. The zero-order valence-corrected chi connectivity index (χ0v) is 18.8. The minimum atomic E-state index is -0.833. The van der Waals surface area contributed by atoms with Crippen molar-refractivity contribution in [2.75, 3.05) is 0 Å². The lowest BCUT2D eigenvalue weighted by Crippen LogP contribution is -1.88. The molecule has 4 nitrogen and oxygen atoms in total. The summed E-state index contributed by atoms with van der Waals surface area (Å²) in [4.78, 5) is 9.00. The predicted molar refractivity (Wildman–Crippen MR) is 122 cm³/mol. The monoisotopic (exact) mass is 408 g/mol. The third kappa shape index (κ3) is 18.1. The normalized spacial score (nSPS) is 10.4. The SMILES string of the molecule is CC(=O)O.CCCCCCCCCCCCCCCCCc1cccc(O)c1O. The largest absolute Gasteiger partial charge is 0.504 e. The van der Waals surface area contributed by atoms with Gasteiger partial charge in [-0.1, -0.05) is 109 Å². The second-order valence-electron chi connectivity index (χ2n) is 8.00. The summed E-state index contributed by atoms with van der Waals surface area (Å²) in [6.07, 6.45) is 21.3. The smallest absolute Gasteiger partial charge is 0.300 e. The van der Waals surface area contributed by atoms with Crippen LogP contribution in [0.2, 0.25) is 0 Å². The molecule has 0 bridgehead atoms. The quantitative estimate of drug-likeness (QED) is 0.194. The van der Waals surface area contributed by atoms with Gasteiger partial charge in [0, 0.05) is 6.92 Å². The Morgan fingerprint density at radius 1 is 0.724 bits per heavy atom. The molecule has 0 aliphatic heterocycles. The number of rotatable bonds is 16. The topological polar surface area (TPSA) is 77.8 Å². The molecule has 0 aromatic heterocycles. The van der Waals surface area contributed by atoms with Crippen LogP contribution in [-0.2, 0) is 11.2 Å². The van der Waals surface area contributed by atoms with Crippen LogP contribution in [0.25, 0.3) is 0 Å². The molecule has 0 fully saturated rings. The van der Waals surface area contributed by atoms with Crippen LogP contribution in [0.4, 0.5) is 0 Å². The molecule has 4 heteroatoms. The summed E-state index contributed by atoms with van der Waals surface area (Å²) in [5.41, 5.74) is 0.870. The summed E-state index contributed by atoms with van der Waals surface area (Å²) in [5.74, 6) is -0.772. The van der Waals surface area contributed by atoms with E-state index in [-0.39, 0.29) is 11.5 Å². The van der Waals surface area contributed by atoms with E-state index >= 15 is 0 Å². The van der Waals surface area contributed by atoms with Gasteiger partial charge in [0.05, 0.1) is 0 Å². The summed E-state index contributed by atoms with van der Waals surface area (Å²) in [6, 6.07) is 5.24. The van der Waals surface area contributed by atoms with Crippen molar-refractivity contribution in [1.29, 1.82) is 0 Å². The number of phenolic OH excluding ortho intramolecular Hbond substituents is 2. The van der Waals surface area contributed by atoms with Crippen LogP contribution in [0.3, 0.4) is 0 Å². The first-order valence-electron chi connectivity index (χ1n) is 11.7. The Balaban J connectivity index is 0.00000178. The molecule has 1 aromatic rings. The standard InChI is InChI=1S/C23H40O2.C2H4O2/c1-2-3-4-5-6-7-8-9-10-11-12-13-14-15-16-18-21-19-17-20-22(24)23(21)25;1-2(3)4/h17,19-20,24-25H,2-16,18H2,1H3;1H3,(H,3,4). The van der Waals surface area contributed by atoms with Crippen LogP contribution < -0.4 is 0 Å². The Morgan fingerprint density at radius 3 is 1.52 bits per heavy atom. The molecule has 1 rings (SSSR count). The van der Waals surface area contributed by atoms with Gasteiger partial charge in [0.25, 0.3) is 5.97 Å². The molecule has 0 spiro atoms. The van der Waals surface area contributed by atoms with Gasteiger partial charge in [-0.3, -0.25) is 4.79 Å². The van der Waals surface area contributed by atoms with Crippen molar-refractivity contribution in [3.63, 3.8) is 0 Å². The lowest BCUT2D eigenvalue weighted by molar-refractivity contribution is -0.134. The Bertz CT molecular complexity index is 510. The first kappa shape index (κ1) is 27.3. The molecule has 0 saturated carbocycles. The van der Waals surface area contributed by atoms with E-state index in [1.165, 1.54) is 96.0 Å². The van der Waals surface area contributed by atoms with Crippen molar-refractivity contribution in [3.05, 3.63) is 23.8 Å². The maximum atomic E-state index is 9.76. The molecule has 1 aromatic carbocycles. The van der Waals surface area contributed by atoms with Crippen LogP contribution in [0.15, 0.2) is 18.2 Å². The fourth-order valence-electron chi connectivity index (χ4n) is 3.47. The van der Waals surface area contributed by atoms with Crippen molar-refractivity contribution < 1.29 is 20.1 Å². The molecule has 0 saturated heterocycles. The van der Waals surface area contributed by atoms with E-state index in [4.69, 9.17) is 9.90 Å². The Labute approximate surface area is 178 Å². The highest BCUT2D eigenvalue weighted by Crippen LogP contribution is 2.29. The number of para-hydroxylation sites is 1. The number of hydrogen-bond donors (Lipinski definition) is 3. The highest BCUT2D eigenvalue weighted by molar-refractivity contribution is 5.62. The van der Waals surface area contributed by atoms with Gasteiger partial charge in [-0.05, 0) is 24.5 Å². The molecule has 0 aliphatic carbocycles. The molecule has 0 aliphatic rings. The number of phenols is 2. The lowest BCUT2D eigenvalue weighted by Gasteiger charge is -2.06. The maximum Gasteiger partial charge on any atom is 0.300 e. The second kappa shape index (κ2) is 19.6. The van der Waals surface area contributed by atoms with E-state index in [1.54, 1.807) is 6.07 Å². The summed E-state index contributed by atoms with van der Waals surface area (Å²) in [5, 5.41) is 26.7. The Hall–Kier alpha value is -1.71. The van der Waals surface area contributed by atoms with E-state index in [0.717, 1.165) is 25.3 Å². The number of carboxylic acids is 1. The molecule has 29 heavy (non-hydrogen) atoms. The summed E-state index contributed by atoms with van der Waals surface area (Å²) in [6.45, 7) is 3.36. The minimum absolute atomic E-state index is 0.00143. The van der Waals surface area contributed by atoms with Crippen molar-refractivity contribution >= 4 is 5.97 Å². The number of benzene rings is 1. The number of carboxylic acid groups (broad SMARTS) is 1. The van der Waals surface area contributed by atoms with Crippen molar-refractivity contribution in [2.24, 2.45) is 0 Å². The van der Waals surface area contributed by atoms with Gasteiger partial charge in [0.2, 0.25) is 0 Å². The van der Waals surface area contributed by atoms with Gasteiger partial charge in [-0.15, -0.1) is 0 Å². The van der Waals surface area contributed by atoms with Gasteiger partial charge in [0.1, 0.15) is 0 Å². The van der Waals surface area contributed by atoms with Crippen molar-refractivity contribution in [2.45, 2.75) is 117 Å². The van der Waals surface area contributed by atoms with E-state index in [1.807, 2.05) is 6.07 Å². The highest BCUT2D eigenvalue weighted by Gasteiger charge is 2.04. The van der Waals surface area contributed by atoms with E-state index in [0.29, 0.717) is 0 Å². The molecule has 0 radical (unpaired) electrons. The molecular weight excluding hydrogens is 364 g/mol. The minimum Gasteiger partial charge on any atom is -0.504 e. The number of hydrogen-bond acceptors (Lipinski definition) is 3. The van der Waals surface area contributed by atoms with Gasteiger partial charge in [-0.25, -0.2) is 0 Å². The lowest BCUT2D eigenvalue weighted by atomic mass is 10.0. The maximum absolute atomic E-state index is 9.76. The van der Waals surface area contributed by atoms with Crippen LogP contribution in [0, 0.1) is 0 Å². The zero-order chi connectivity index (χ0) is 21.7. The molecule has 168 valence electrons. The zero-order valence-electron chi connectivity index (χ0n) is 18.8. The van der Waals surface area contributed by atoms with Crippen LogP contribution in [-0.4, -0.2) is 21.3 Å². The third-order valence-corrected chi connectivity index (χ3v) is 5.15. The van der Waals surface area contributed by atoms with Crippen molar-refractivity contribution in [3.8, 4) is 11.5 Å².